The Balaban J connectivity index is 1.95. The van der Waals surface area contributed by atoms with Crippen LogP contribution < -0.4 is 5.11 Å². The first-order valence-electron chi connectivity index (χ1n) is 6.52. The van der Waals surface area contributed by atoms with E-state index in [0.717, 1.165) is 25.2 Å². The van der Waals surface area contributed by atoms with E-state index in [1.54, 1.807) is 0 Å². The standard InChI is InChI=1S/C14H22O2/c1-12-3-10-4-13(2,7-12)9-14(5-10,8-12)6-11(15)16/h10H,3-9H2,1-2H3,(H,15,16)/p-1/t10?,12-,13+,14?. The van der Waals surface area contributed by atoms with Crippen molar-refractivity contribution in [3.8, 4) is 0 Å². The first kappa shape index (κ1) is 10.6. The van der Waals surface area contributed by atoms with Crippen LogP contribution in [0.5, 0.6) is 0 Å². The van der Waals surface area contributed by atoms with Crippen LogP contribution in [0.15, 0.2) is 0 Å². The van der Waals surface area contributed by atoms with Gasteiger partial charge in [-0.25, -0.2) is 0 Å². The van der Waals surface area contributed by atoms with Gasteiger partial charge in [-0.3, -0.25) is 0 Å². The van der Waals surface area contributed by atoms with Crippen LogP contribution in [0.25, 0.3) is 0 Å². The van der Waals surface area contributed by atoms with Gasteiger partial charge in [-0.2, -0.15) is 0 Å². The van der Waals surface area contributed by atoms with Crippen molar-refractivity contribution < 1.29 is 9.90 Å². The summed E-state index contributed by atoms with van der Waals surface area (Å²) in [6.45, 7) is 4.75. The van der Waals surface area contributed by atoms with Crippen molar-refractivity contribution in [1.29, 1.82) is 0 Å². The maximum absolute atomic E-state index is 11.0. The average Bonchev–Trinajstić information content (AvgIpc) is 1.91. The van der Waals surface area contributed by atoms with E-state index in [-0.39, 0.29) is 5.41 Å². The molecular weight excluding hydrogens is 200 g/mol. The summed E-state index contributed by atoms with van der Waals surface area (Å²) in [5.74, 6) is -0.0558. The molecule has 0 spiro atoms. The van der Waals surface area contributed by atoms with Crippen molar-refractivity contribution in [2.45, 2.75) is 58.8 Å². The zero-order valence-corrected chi connectivity index (χ0v) is 10.3. The minimum absolute atomic E-state index is 0.0851. The fourth-order valence-electron chi connectivity index (χ4n) is 6.19. The van der Waals surface area contributed by atoms with Crippen LogP contribution in [0, 0.1) is 22.2 Å². The molecule has 4 rings (SSSR count). The largest absolute Gasteiger partial charge is 0.550 e. The van der Waals surface area contributed by atoms with Crippen molar-refractivity contribution in [1.82, 2.24) is 0 Å². The monoisotopic (exact) mass is 221 g/mol. The molecule has 4 bridgehead atoms. The molecule has 4 fully saturated rings. The van der Waals surface area contributed by atoms with E-state index in [1.165, 1.54) is 19.3 Å². The van der Waals surface area contributed by atoms with E-state index in [2.05, 4.69) is 13.8 Å². The van der Waals surface area contributed by atoms with Gasteiger partial charge in [0, 0.05) is 5.97 Å². The van der Waals surface area contributed by atoms with Crippen LogP contribution in [0.4, 0.5) is 0 Å². The molecule has 0 aromatic carbocycles. The lowest BCUT2D eigenvalue weighted by Crippen LogP contribution is -2.56. The number of hydrogen-bond acceptors (Lipinski definition) is 2. The fourth-order valence-corrected chi connectivity index (χ4v) is 6.19. The summed E-state index contributed by atoms with van der Waals surface area (Å²) in [5, 5.41) is 11.0. The third-order valence-corrected chi connectivity index (χ3v) is 5.26. The van der Waals surface area contributed by atoms with Gasteiger partial charge in [-0.05, 0) is 67.1 Å². The lowest BCUT2D eigenvalue weighted by atomic mass is 9.40. The molecule has 4 aliphatic carbocycles. The van der Waals surface area contributed by atoms with Crippen molar-refractivity contribution in [3.05, 3.63) is 0 Å². The number of hydrogen-bond donors (Lipinski definition) is 0. The minimum Gasteiger partial charge on any atom is -0.550 e. The summed E-state index contributed by atoms with van der Waals surface area (Å²) < 4.78 is 0. The molecule has 2 unspecified atom stereocenters. The minimum atomic E-state index is -0.839. The predicted octanol–water partition coefficient (Wildman–Crippen LogP) is 2.12. The van der Waals surface area contributed by atoms with E-state index in [9.17, 15) is 9.90 Å². The Morgan fingerprint density at radius 1 is 1.12 bits per heavy atom. The van der Waals surface area contributed by atoms with Gasteiger partial charge in [0.1, 0.15) is 0 Å². The van der Waals surface area contributed by atoms with Gasteiger partial charge in [0.15, 0.2) is 0 Å². The summed E-state index contributed by atoms with van der Waals surface area (Å²) >= 11 is 0. The molecule has 0 amide bonds. The third kappa shape index (κ3) is 1.49. The average molecular weight is 221 g/mol. The Bertz CT molecular complexity index is 329. The molecule has 16 heavy (non-hydrogen) atoms. The Morgan fingerprint density at radius 3 is 2.12 bits per heavy atom. The Labute approximate surface area is 97.4 Å². The van der Waals surface area contributed by atoms with Gasteiger partial charge in [0.05, 0.1) is 0 Å². The Morgan fingerprint density at radius 2 is 1.69 bits per heavy atom. The molecule has 0 aliphatic heterocycles. The predicted molar refractivity (Wildman–Crippen MR) is 59.5 cm³/mol. The van der Waals surface area contributed by atoms with Crippen molar-refractivity contribution in [3.63, 3.8) is 0 Å². The molecule has 4 atom stereocenters. The summed E-state index contributed by atoms with van der Waals surface area (Å²) in [6, 6.07) is 0. The lowest BCUT2D eigenvalue weighted by Gasteiger charge is -2.65. The second-order valence-electron chi connectivity index (χ2n) is 7.68. The maximum atomic E-state index is 11.0. The summed E-state index contributed by atoms with van der Waals surface area (Å²) in [7, 11) is 0. The van der Waals surface area contributed by atoms with E-state index >= 15 is 0 Å². The van der Waals surface area contributed by atoms with Crippen LogP contribution in [-0.2, 0) is 4.79 Å². The highest BCUT2D eigenvalue weighted by Gasteiger charge is 2.59. The SMILES string of the molecule is C[C@]12CC3CC(CC(=O)[O-])(C1)C[C@@](C)(C3)C2. The number of rotatable bonds is 2. The molecule has 0 radical (unpaired) electrons. The first-order valence-corrected chi connectivity index (χ1v) is 6.52. The van der Waals surface area contributed by atoms with E-state index in [4.69, 9.17) is 0 Å². The molecule has 4 saturated carbocycles. The maximum Gasteiger partial charge on any atom is 0.0419 e. The van der Waals surface area contributed by atoms with E-state index < -0.39 is 5.97 Å². The van der Waals surface area contributed by atoms with Crippen LogP contribution in [0.1, 0.15) is 58.8 Å². The van der Waals surface area contributed by atoms with Crippen molar-refractivity contribution in [2.24, 2.45) is 22.2 Å². The fraction of sp³-hybridized carbons (Fsp3) is 0.929. The van der Waals surface area contributed by atoms with Crippen molar-refractivity contribution >= 4 is 5.97 Å². The topological polar surface area (TPSA) is 40.1 Å². The zero-order chi connectivity index (χ0) is 11.6. The van der Waals surface area contributed by atoms with Gasteiger partial charge in [-0.15, -0.1) is 0 Å². The van der Waals surface area contributed by atoms with Crippen molar-refractivity contribution in [2.75, 3.05) is 0 Å². The molecule has 0 saturated heterocycles. The number of aliphatic carboxylic acids is 1. The molecule has 90 valence electrons. The third-order valence-electron chi connectivity index (χ3n) is 5.26. The van der Waals surface area contributed by atoms with Crippen LogP contribution in [0.2, 0.25) is 0 Å². The Hall–Kier alpha value is -0.530. The smallest absolute Gasteiger partial charge is 0.0419 e. The van der Waals surface area contributed by atoms with Gasteiger partial charge in [0.25, 0.3) is 0 Å². The summed E-state index contributed by atoms with van der Waals surface area (Å²) in [4.78, 5) is 11.0. The summed E-state index contributed by atoms with van der Waals surface area (Å²) in [5.41, 5.74) is 0.926. The quantitative estimate of drug-likeness (QED) is 0.716. The highest BCUT2D eigenvalue weighted by molar-refractivity contribution is 5.65. The second kappa shape index (κ2) is 2.83. The molecule has 4 aliphatic rings. The van der Waals surface area contributed by atoms with Gasteiger partial charge in [0.2, 0.25) is 0 Å². The second-order valence-corrected chi connectivity index (χ2v) is 7.68. The first-order chi connectivity index (χ1) is 7.32. The molecule has 0 aromatic heterocycles. The lowest BCUT2D eigenvalue weighted by molar-refractivity contribution is -0.311. The number of carboxylic acids is 1. The van der Waals surface area contributed by atoms with E-state index in [1.807, 2.05) is 0 Å². The van der Waals surface area contributed by atoms with Gasteiger partial charge >= 0.3 is 0 Å². The molecule has 0 heterocycles. The van der Waals surface area contributed by atoms with Crippen LogP contribution in [-0.4, -0.2) is 5.97 Å². The number of carbonyl (C=O) groups is 1. The molecule has 0 aromatic rings. The van der Waals surface area contributed by atoms with Crippen LogP contribution in [0.3, 0.4) is 0 Å². The van der Waals surface area contributed by atoms with Gasteiger partial charge in [-0.1, -0.05) is 13.8 Å². The molecule has 0 N–H and O–H groups in total. The van der Waals surface area contributed by atoms with Crippen LogP contribution >= 0.6 is 0 Å². The zero-order valence-electron chi connectivity index (χ0n) is 10.3. The molecule has 2 heteroatoms. The highest BCUT2D eigenvalue weighted by Crippen LogP contribution is 2.70. The molecule has 2 nitrogen and oxygen atoms in total. The summed E-state index contributed by atoms with van der Waals surface area (Å²) in [6.07, 6.45) is 7.67. The molecular formula is C14H21O2-. The van der Waals surface area contributed by atoms with E-state index in [0.29, 0.717) is 17.3 Å². The highest BCUT2D eigenvalue weighted by atomic mass is 16.4. The number of carboxylic acid groups (broad SMARTS) is 1. The number of carbonyl (C=O) groups excluding carboxylic acids is 1. The normalized spacial score (nSPS) is 54.2. The Kier molecular flexibility index (Phi) is 1.88. The van der Waals surface area contributed by atoms with Gasteiger partial charge < -0.3 is 9.90 Å².